The number of aromatic carboxylic acids is 1. The summed E-state index contributed by atoms with van der Waals surface area (Å²) in [5.41, 5.74) is 11.7. The summed E-state index contributed by atoms with van der Waals surface area (Å²) in [7, 11) is 1.67. The second kappa shape index (κ2) is 9.46. The van der Waals surface area contributed by atoms with Crippen molar-refractivity contribution in [3.05, 3.63) is 92.6 Å². The molecule has 0 aliphatic heterocycles. The normalized spacial score (nSPS) is 12.2. The molecular formula is C28H27N3O4. The Balaban J connectivity index is 1.89. The number of nitrogen functional groups attached to an aromatic ring is 1. The van der Waals surface area contributed by atoms with Crippen LogP contribution in [0.4, 0.5) is 11.4 Å². The molecule has 0 saturated heterocycles. The van der Waals surface area contributed by atoms with Crippen molar-refractivity contribution >= 4 is 34.5 Å². The van der Waals surface area contributed by atoms with Gasteiger partial charge in [-0.1, -0.05) is 18.2 Å². The zero-order valence-corrected chi connectivity index (χ0v) is 20.0. The number of anilines is 2. The number of nitrogens with one attached hydrogen (secondary N) is 1. The van der Waals surface area contributed by atoms with E-state index in [1.165, 1.54) is 6.07 Å². The minimum Gasteiger partial charge on any atom is -0.478 e. The molecule has 0 fully saturated rings. The Morgan fingerprint density at radius 1 is 1.14 bits per heavy atom. The first-order valence-corrected chi connectivity index (χ1v) is 11.2. The molecule has 1 heterocycles. The summed E-state index contributed by atoms with van der Waals surface area (Å²) in [6.45, 7) is 5.73. The van der Waals surface area contributed by atoms with Crippen LogP contribution in [0, 0.1) is 13.8 Å². The van der Waals surface area contributed by atoms with E-state index in [9.17, 15) is 14.7 Å². The number of carboxylic acids is 1. The Bertz CT molecular complexity index is 1540. The lowest BCUT2D eigenvalue weighted by molar-refractivity contribution is 0.0698. The van der Waals surface area contributed by atoms with E-state index in [1.807, 2.05) is 32.9 Å². The number of hydrogen-bond acceptors (Lipinski definition) is 6. The lowest BCUT2D eigenvalue weighted by Gasteiger charge is -2.19. The Labute approximate surface area is 202 Å². The van der Waals surface area contributed by atoms with Gasteiger partial charge in [0.1, 0.15) is 11.3 Å². The van der Waals surface area contributed by atoms with E-state index < -0.39 is 5.97 Å². The highest BCUT2D eigenvalue weighted by Gasteiger charge is 2.19. The van der Waals surface area contributed by atoms with Gasteiger partial charge in [-0.15, -0.1) is 0 Å². The van der Waals surface area contributed by atoms with Crippen molar-refractivity contribution in [2.45, 2.75) is 26.8 Å². The summed E-state index contributed by atoms with van der Waals surface area (Å²) >= 11 is 0. The van der Waals surface area contributed by atoms with Crippen molar-refractivity contribution in [2.24, 2.45) is 4.99 Å². The summed E-state index contributed by atoms with van der Waals surface area (Å²) in [4.78, 5) is 28.9. The van der Waals surface area contributed by atoms with E-state index in [1.54, 1.807) is 49.7 Å². The monoisotopic (exact) mass is 469 g/mol. The highest BCUT2D eigenvalue weighted by atomic mass is 16.4. The van der Waals surface area contributed by atoms with Crippen LogP contribution in [-0.2, 0) is 0 Å². The van der Waals surface area contributed by atoms with Gasteiger partial charge >= 0.3 is 5.97 Å². The van der Waals surface area contributed by atoms with Crippen molar-refractivity contribution < 1.29 is 14.3 Å². The number of nitrogens with zero attached hydrogens (tertiary/aromatic N) is 1. The maximum absolute atomic E-state index is 13.2. The zero-order valence-electron chi connectivity index (χ0n) is 20.0. The second-order valence-corrected chi connectivity index (χ2v) is 8.55. The SMILES string of the molecule is CN=Cc1c(N)ccc(-c2cc(=O)c3cc(C)cc(C(C)Nc4ccccc4C(=O)O)c3o2)c1C. The zero-order chi connectivity index (χ0) is 25.3. The van der Waals surface area contributed by atoms with Crippen LogP contribution in [-0.4, -0.2) is 24.3 Å². The number of para-hydroxylation sites is 1. The van der Waals surface area contributed by atoms with Gasteiger partial charge in [-0.3, -0.25) is 9.79 Å². The van der Waals surface area contributed by atoms with Gasteiger partial charge in [-0.05, 0) is 62.2 Å². The molecular weight excluding hydrogens is 442 g/mol. The van der Waals surface area contributed by atoms with Crippen LogP contribution in [0.5, 0.6) is 0 Å². The van der Waals surface area contributed by atoms with Crippen molar-refractivity contribution in [3.63, 3.8) is 0 Å². The minimum atomic E-state index is -1.02. The van der Waals surface area contributed by atoms with Gasteiger partial charge in [0, 0.05) is 47.4 Å². The third-order valence-corrected chi connectivity index (χ3v) is 6.07. The molecule has 0 saturated carbocycles. The predicted molar refractivity (Wildman–Crippen MR) is 141 cm³/mol. The third-order valence-electron chi connectivity index (χ3n) is 6.07. The number of aliphatic imine (C=N–C) groups is 1. The van der Waals surface area contributed by atoms with Crippen LogP contribution in [0.2, 0.25) is 0 Å². The fraction of sp³-hybridized carbons (Fsp3) is 0.179. The summed E-state index contributed by atoms with van der Waals surface area (Å²) in [5, 5.41) is 13.3. The standard InChI is InChI=1S/C28H27N3O4/c1-15-11-20(17(3)31-24-8-6-5-7-19(24)28(33)34)27-21(12-15)25(32)13-26(35-27)18-9-10-23(29)22(14-30-4)16(18)2/h5-14,17,31H,29H2,1-4H3,(H,33,34). The molecule has 7 heteroatoms. The maximum Gasteiger partial charge on any atom is 0.337 e. The van der Waals surface area contributed by atoms with Crippen molar-refractivity contribution in [2.75, 3.05) is 18.1 Å². The Hall–Kier alpha value is -4.39. The van der Waals surface area contributed by atoms with Crippen molar-refractivity contribution in [3.8, 4) is 11.3 Å². The topological polar surface area (TPSA) is 118 Å². The minimum absolute atomic E-state index is 0.161. The molecule has 4 N–H and O–H groups in total. The molecule has 3 aromatic carbocycles. The molecule has 1 unspecified atom stereocenters. The lowest BCUT2D eigenvalue weighted by Crippen LogP contribution is -2.12. The quantitative estimate of drug-likeness (QED) is 0.251. The highest BCUT2D eigenvalue weighted by Crippen LogP contribution is 2.33. The molecule has 1 aromatic heterocycles. The fourth-order valence-electron chi connectivity index (χ4n) is 4.31. The predicted octanol–water partition coefficient (Wildman–Crippen LogP) is 5.58. The molecule has 0 amide bonds. The van der Waals surface area contributed by atoms with Crippen LogP contribution in [0.15, 0.2) is 68.8 Å². The van der Waals surface area contributed by atoms with Crippen LogP contribution in [0.25, 0.3) is 22.3 Å². The number of fused-ring (bicyclic) bond motifs is 1. The fourth-order valence-corrected chi connectivity index (χ4v) is 4.31. The first kappa shape index (κ1) is 23.8. The molecule has 4 aromatic rings. The number of aryl methyl sites for hydroxylation is 1. The molecule has 7 nitrogen and oxygen atoms in total. The molecule has 178 valence electrons. The number of rotatable bonds is 6. The number of carboxylic acid groups (broad SMARTS) is 1. The Morgan fingerprint density at radius 2 is 1.89 bits per heavy atom. The average Bonchev–Trinajstić information content (AvgIpc) is 2.82. The summed E-state index contributed by atoms with van der Waals surface area (Å²) in [6.07, 6.45) is 1.69. The van der Waals surface area contributed by atoms with Gasteiger partial charge in [0.05, 0.1) is 17.0 Å². The number of carbonyl (C=O) groups is 1. The number of nitrogens with two attached hydrogens (primary N) is 1. The Kier molecular flexibility index (Phi) is 6.42. The summed E-state index contributed by atoms with van der Waals surface area (Å²) in [5.74, 6) is -0.595. The Morgan fingerprint density at radius 3 is 2.60 bits per heavy atom. The smallest absolute Gasteiger partial charge is 0.337 e. The third kappa shape index (κ3) is 4.53. The van der Waals surface area contributed by atoms with E-state index in [2.05, 4.69) is 10.3 Å². The second-order valence-electron chi connectivity index (χ2n) is 8.55. The van der Waals surface area contributed by atoms with Gasteiger partial charge in [-0.25, -0.2) is 4.79 Å². The molecule has 0 radical (unpaired) electrons. The molecule has 0 bridgehead atoms. The molecule has 0 aliphatic carbocycles. The molecule has 35 heavy (non-hydrogen) atoms. The van der Waals surface area contributed by atoms with Gasteiger partial charge < -0.3 is 20.6 Å². The first-order valence-electron chi connectivity index (χ1n) is 11.2. The van der Waals surface area contributed by atoms with E-state index >= 15 is 0 Å². The van der Waals surface area contributed by atoms with Gasteiger partial charge in [0.2, 0.25) is 0 Å². The van der Waals surface area contributed by atoms with Gasteiger partial charge in [-0.2, -0.15) is 0 Å². The summed E-state index contributed by atoms with van der Waals surface area (Å²) < 4.78 is 6.36. The molecule has 1 atom stereocenters. The van der Waals surface area contributed by atoms with Crippen molar-refractivity contribution in [1.29, 1.82) is 0 Å². The van der Waals surface area contributed by atoms with Gasteiger partial charge in [0.15, 0.2) is 5.43 Å². The van der Waals surface area contributed by atoms with Crippen LogP contribution in [0.3, 0.4) is 0 Å². The average molecular weight is 470 g/mol. The van der Waals surface area contributed by atoms with E-state index in [4.69, 9.17) is 10.2 Å². The maximum atomic E-state index is 13.2. The van der Waals surface area contributed by atoms with Crippen LogP contribution >= 0.6 is 0 Å². The highest BCUT2D eigenvalue weighted by molar-refractivity contribution is 5.94. The largest absolute Gasteiger partial charge is 0.478 e. The number of hydrogen-bond donors (Lipinski definition) is 3. The lowest BCUT2D eigenvalue weighted by atomic mass is 9.97. The molecule has 4 rings (SSSR count). The van der Waals surface area contributed by atoms with E-state index in [-0.39, 0.29) is 17.0 Å². The summed E-state index contributed by atoms with van der Waals surface area (Å²) in [6, 6.07) is 15.2. The van der Waals surface area contributed by atoms with E-state index in [0.29, 0.717) is 28.1 Å². The first-order chi connectivity index (χ1) is 16.7. The van der Waals surface area contributed by atoms with Crippen molar-refractivity contribution in [1.82, 2.24) is 0 Å². The van der Waals surface area contributed by atoms with Gasteiger partial charge in [0.25, 0.3) is 0 Å². The molecule has 0 aliphatic rings. The molecule has 0 spiro atoms. The van der Waals surface area contributed by atoms with Crippen LogP contribution in [0.1, 0.15) is 45.6 Å². The van der Waals surface area contributed by atoms with Crippen LogP contribution < -0.4 is 16.5 Å². The van der Waals surface area contributed by atoms with E-state index in [0.717, 1.165) is 27.8 Å². The number of benzene rings is 3.